The van der Waals surface area contributed by atoms with Gasteiger partial charge in [-0.25, -0.2) is 4.79 Å². The molecule has 0 amide bonds. The lowest BCUT2D eigenvalue weighted by Crippen LogP contribution is -2.31. The molecule has 1 aromatic heterocycles. The topological polar surface area (TPSA) is 132 Å². The molecule has 1 heterocycles. The molecule has 0 bridgehead atoms. The number of H-pyrrole nitrogens is 2. The Labute approximate surface area is 84.6 Å². The minimum absolute atomic E-state index is 0.0875. The standard InChI is InChI=1S/C8H13N3O4/c9-2-1-5(12)6(13)4-3-10-8(15)11-7(4)14/h3,5-6,12-13H,1-2,9H2,(H2,10,11,14,15). The van der Waals surface area contributed by atoms with Gasteiger partial charge in [0.1, 0.15) is 6.10 Å². The van der Waals surface area contributed by atoms with Crippen LogP contribution in [0.2, 0.25) is 0 Å². The molecule has 7 nitrogen and oxygen atoms in total. The normalized spacial score (nSPS) is 14.9. The Morgan fingerprint density at radius 3 is 2.60 bits per heavy atom. The van der Waals surface area contributed by atoms with Gasteiger partial charge < -0.3 is 20.9 Å². The van der Waals surface area contributed by atoms with Crippen molar-refractivity contribution in [2.24, 2.45) is 5.73 Å². The van der Waals surface area contributed by atoms with E-state index in [1.807, 2.05) is 4.98 Å². The van der Waals surface area contributed by atoms with E-state index in [0.717, 1.165) is 6.20 Å². The van der Waals surface area contributed by atoms with Gasteiger partial charge >= 0.3 is 5.69 Å². The summed E-state index contributed by atoms with van der Waals surface area (Å²) in [6, 6.07) is 0. The minimum atomic E-state index is -1.35. The Hall–Kier alpha value is -1.44. The van der Waals surface area contributed by atoms with Crippen LogP contribution in [0.3, 0.4) is 0 Å². The predicted octanol–water partition coefficient (Wildman–Crippen LogP) is -2.19. The maximum absolute atomic E-state index is 11.2. The molecule has 2 atom stereocenters. The van der Waals surface area contributed by atoms with Crippen LogP contribution in [0.1, 0.15) is 18.1 Å². The number of rotatable bonds is 4. The van der Waals surface area contributed by atoms with Gasteiger partial charge in [-0.15, -0.1) is 0 Å². The molecule has 15 heavy (non-hydrogen) atoms. The van der Waals surface area contributed by atoms with Gasteiger partial charge in [0, 0.05) is 6.20 Å². The van der Waals surface area contributed by atoms with Crippen molar-refractivity contribution in [3.05, 3.63) is 32.6 Å². The van der Waals surface area contributed by atoms with Gasteiger partial charge in [0.15, 0.2) is 0 Å². The van der Waals surface area contributed by atoms with Crippen molar-refractivity contribution in [2.75, 3.05) is 6.54 Å². The van der Waals surface area contributed by atoms with Crippen LogP contribution in [0.15, 0.2) is 15.8 Å². The number of nitrogens with two attached hydrogens (primary N) is 1. The van der Waals surface area contributed by atoms with E-state index in [0.29, 0.717) is 0 Å². The van der Waals surface area contributed by atoms with E-state index in [1.165, 1.54) is 0 Å². The third-order valence-electron chi connectivity index (χ3n) is 1.99. The van der Waals surface area contributed by atoms with Crippen molar-refractivity contribution in [3.63, 3.8) is 0 Å². The van der Waals surface area contributed by atoms with Crippen molar-refractivity contribution >= 4 is 0 Å². The average molecular weight is 215 g/mol. The van der Waals surface area contributed by atoms with Crippen molar-refractivity contribution in [1.82, 2.24) is 9.97 Å². The van der Waals surface area contributed by atoms with Crippen LogP contribution in [0.5, 0.6) is 0 Å². The van der Waals surface area contributed by atoms with Gasteiger partial charge in [-0.1, -0.05) is 0 Å². The van der Waals surface area contributed by atoms with E-state index >= 15 is 0 Å². The number of aliphatic hydroxyl groups excluding tert-OH is 2. The van der Waals surface area contributed by atoms with E-state index in [2.05, 4.69) is 4.98 Å². The molecule has 0 saturated heterocycles. The highest BCUT2D eigenvalue weighted by atomic mass is 16.3. The van der Waals surface area contributed by atoms with Crippen LogP contribution in [-0.2, 0) is 0 Å². The summed E-state index contributed by atoms with van der Waals surface area (Å²) in [6.45, 7) is 0.194. The second kappa shape index (κ2) is 4.87. The van der Waals surface area contributed by atoms with Crippen LogP contribution < -0.4 is 17.0 Å². The molecular formula is C8H13N3O4. The largest absolute Gasteiger partial charge is 0.390 e. The Morgan fingerprint density at radius 1 is 1.40 bits per heavy atom. The molecule has 0 spiro atoms. The molecule has 1 aromatic rings. The summed E-state index contributed by atoms with van der Waals surface area (Å²) < 4.78 is 0. The van der Waals surface area contributed by atoms with Crippen LogP contribution >= 0.6 is 0 Å². The summed E-state index contributed by atoms with van der Waals surface area (Å²) in [6.07, 6.45) is -1.23. The molecule has 0 aromatic carbocycles. The maximum Gasteiger partial charge on any atom is 0.325 e. The number of aromatic nitrogens is 2. The third-order valence-corrected chi connectivity index (χ3v) is 1.99. The first-order valence-corrected chi connectivity index (χ1v) is 4.44. The Balaban J connectivity index is 2.96. The number of aliphatic hydroxyl groups is 2. The molecule has 84 valence electrons. The van der Waals surface area contributed by atoms with E-state index in [-0.39, 0.29) is 18.5 Å². The summed E-state index contributed by atoms with van der Waals surface area (Å²) in [4.78, 5) is 26.1. The first kappa shape index (κ1) is 11.6. The molecule has 6 N–H and O–H groups in total. The smallest absolute Gasteiger partial charge is 0.325 e. The minimum Gasteiger partial charge on any atom is -0.390 e. The monoisotopic (exact) mass is 215 g/mol. The molecule has 0 radical (unpaired) electrons. The van der Waals surface area contributed by atoms with Gasteiger partial charge in [0.05, 0.1) is 11.7 Å². The Kier molecular flexibility index (Phi) is 3.78. The summed E-state index contributed by atoms with van der Waals surface area (Å²) in [7, 11) is 0. The predicted molar refractivity (Wildman–Crippen MR) is 52.3 cm³/mol. The van der Waals surface area contributed by atoms with Crippen molar-refractivity contribution in [1.29, 1.82) is 0 Å². The molecule has 1 rings (SSSR count). The fourth-order valence-electron chi connectivity index (χ4n) is 1.18. The van der Waals surface area contributed by atoms with Gasteiger partial charge in [-0.2, -0.15) is 0 Å². The van der Waals surface area contributed by atoms with Crippen molar-refractivity contribution < 1.29 is 10.2 Å². The second-order valence-corrected chi connectivity index (χ2v) is 3.12. The van der Waals surface area contributed by atoms with E-state index in [9.17, 15) is 19.8 Å². The summed E-state index contributed by atoms with van der Waals surface area (Å²) in [5.74, 6) is 0. The zero-order valence-electron chi connectivity index (χ0n) is 7.93. The summed E-state index contributed by atoms with van der Waals surface area (Å²) in [5, 5.41) is 18.9. The fraction of sp³-hybridized carbons (Fsp3) is 0.500. The quantitative estimate of drug-likeness (QED) is 0.389. The molecule has 0 aliphatic heterocycles. The zero-order valence-corrected chi connectivity index (χ0v) is 7.93. The van der Waals surface area contributed by atoms with Crippen molar-refractivity contribution in [3.8, 4) is 0 Å². The average Bonchev–Trinajstić information content (AvgIpc) is 2.17. The first-order valence-electron chi connectivity index (χ1n) is 4.44. The summed E-state index contributed by atoms with van der Waals surface area (Å²) >= 11 is 0. The van der Waals surface area contributed by atoms with E-state index in [4.69, 9.17) is 5.73 Å². The molecular weight excluding hydrogens is 202 g/mol. The van der Waals surface area contributed by atoms with Crippen LogP contribution in [0.4, 0.5) is 0 Å². The second-order valence-electron chi connectivity index (χ2n) is 3.12. The molecule has 0 aliphatic carbocycles. The molecule has 0 fully saturated rings. The van der Waals surface area contributed by atoms with Crippen molar-refractivity contribution in [2.45, 2.75) is 18.6 Å². The highest BCUT2D eigenvalue weighted by Gasteiger charge is 2.20. The highest BCUT2D eigenvalue weighted by Crippen LogP contribution is 2.13. The lowest BCUT2D eigenvalue weighted by molar-refractivity contribution is 0.0139. The molecule has 7 heteroatoms. The van der Waals surface area contributed by atoms with Crippen LogP contribution in [-0.4, -0.2) is 32.8 Å². The number of nitrogens with one attached hydrogen (secondary N) is 2. The fourth-order valence-corrected chi connectivity index (χ4v) is 1.18. The maximum atomic E-state index is 11.2. The lowest BCUT2D eigenvalue weighted by Gasteiger charge is -2.15. The van der Waals surface area contributed by atoms with E-state index < -0.39 is 23.5 Å². The van der Waals surface area contributed by atoms with Crippen LogP contribution in [0.25, 0.3) is 0 Å². The molecule has 0 saturated carbocycles. The molecule has 2 unspecified atom stereocenters. The number of hydrogen-bond donors (Lipinski definition) is 5. The van der Waals surface area contributed by atoms with Gasteiger partial charge in [-0.3, -0.25) is 9.78 Å². The highest BCUT2D eigenvalue weighted by molar-refractivity contribution is 5.08. The first-order chi connectivity index (χ1) is 7.06. The van der Waals surface area contributed by atoms with Crippen LogP contribution in [0, 0.1) is 0 Å². The number of hydrogen-bond acceptors (Lipinski definition) is 5. The summed E-state index contributed by atoms with van der Waals surface area (Å²) in [5.41, 5.74) is 3.72. The third kappa shape index (κ3) is 2.75. The number of aromatic amines is 2. The molecule has 0 aliphatic rings. The van der Waals surface area contributed by atoms with E-state index in [1.54, 1.807) is 0 Å². The van der Waals surface area contributed by atoms with Gasteiger partial charge in [0.25, 0.3) is 5.56 Å². The SMILES string of the molecule is NCCC(O)C(O)c1c[nH]c(=O)[nH]c1=O. The Morgan fingerprint density at radius 2 is 2.07 bits per heavy atom. The lowest BCUT2D eigenvalue weighted by atomic mass is 10.1. The Bertz CT molecular complexity index is 424. The zero-order chi connectivity index (χ0) is 11.4. The van der Waals surface area contributed by atoms with Gasteiger partial charge in [0.2, 0.25) is 0 Å². The van der Waals surface area contributed by atoms with Gasteiger partial charge in [-0.05, 0) is 13.0 Å².